The topological polar surface area (TPSA) is 25.3 Å². The Morgan fingerprint density at radius 3 is 0.878 bits per heavy atom. The largest absolute Gasteiger partial charge is 0.290 e. The highest BCUT2D eigenvalue weighted by atomic mass is 31.1. The highest BCUT2D eigenvalue weighted by molar-refractivity contribution is 7.56. The van der Waals surface area contributed by atoms with Crippen LogP contribution in [0.5, 0.6) is 0 Å². The first-order valence-electron chi connectivity index (χ1n) is 21.7. The van der Waals surface area contributed by atoms with Gasteiger partial charge in [-0.05, 0) is 121 Å². The van der Waals surface area contributed by atoms with Gasteiger partial charge in [0, 0.05) is 88.9 Å². The van der Waals surface area contributed by atoms with Gasteiger partial charge in [0.2, 0.25) is 0 Å². The number of hydrogen-bond donors (Lipinski definition) is 0. The highest BCUT2D eigenvalue weighted by Crippen LogP contribution is 2.57. The summed E-state index contributed by atoms with van der Waals surface area (Å²) in [6, 6.07) is 5.57. The van der Waals surface area contributed by atoms with Gasteiger partial charge in [0.25, 0.3) is 0 Å². The summed E-state index contributed by atoms with van der Waals surface area (Å²) in [5.41, 5.74) is 1.57. The summed E-state index contributed by atoms with van der Waals surface area (Å²) < 4.78 is 12.5. The molecule has 0 radical (unpaired) electrons. The molecule has 0 N–H and O–H groups in total. The molecule has 2 atom stereocenters. The van der Waals surface area contributed by atoms with E-state index in [4.69, 9.17) is 4.99 Å². The molecule has 7 heteroatoms. The van der Waals surface area contributed by atoms with Crippen LogP contribution in [0.2, 0.25) is 0 Å². The Morgan fingerprint density at radius 1 is 0.429 bits per heavy atom. The molecule has 0 saturated heterocycles. The minimum Gasteiger partial charge on any atom is -0.290 e. The van der Waals surface area contributed by atoms with E-state index in [-0.39, 0.29) is 0 Å². The molecule has 4 saturated carbocycles. The predicted molar refractivity (Wildman–Crippen MR) is 222 cm³/mol. The number of hydrogen-bond acceptors (Lipinski definition) is 5. The fourth-order valence-electron chi connectivity index (χ4n) is 10.4. The summed E-state index contributed by atoms with van der Waals surface area (Å²) in [5, 5.41) is 0. The van der Waals surface area contributed by atoms with E-state index in [1.165, 1.54) is 141 Å². The molecule has 4 aliphatic carbocycles. The van der Waals surface area contributed by atoms with E-state index in [0.717, 1.165) is 24.2 Å². The van der Waals surface area contributed by atoms with Crippen LogP contribution in [0.1, 0.15) is 198 Å². The molecule has 0 aromatic heterocycles. The molecule has 4 aliphatic rings. The maximum Gasteiger partial charge on any atom is 0.0463 e. The first-order valence-corrected chi connectivity index (χ1v) is 24.6. The molecule has 0 aromatic carbocycles. The van der Waals surface area contributed by atoms with Crippen LogP contribution in [0, 0.1) is 0 Å². The van der Waals surface area contributed by atoms with Gasteiger partial charge < -0.3 is 0 Å². The van der Waals surface area contributed by atoms with Gasteiger partial charge in [-0.15, -0.1) is 0 Å². The second kappa shape index (κ2) is 21.3. The minimum absolute atomic E-state index is 0.345. The zero-order valence-corrected chi connectivity index (χ0v) is 36.2. The molecule has 0 heterocycles. The molecule has 5 nitrogen and oxygen atoms in total. The fourth-order valence-corrected chi connectivity index (χ4v) is 17.3. The summed E-state index contributed by atoms with van der Waals surface area (Å²) in [7, 11) is -1.00. The van der Waals surface area contributed by atoms with Crippen molar-refractivity contribution >= 4 is 22.2 Å². The van der Waals surface area contributed by atoms with Gasteiger partial charge in [0.15, 0.2) is 0 Å². The van der Waals surface area contributed by atoms with Crippen LogP contribution in [0.25, 0.3) is 0 Å². The number of aliphatic imine (C=N–C) groups is 1. The van der Waals surface area contributed by atoms with Crippen molar-refractivity contribution in [1.29, 1.82) is 0 Å². The van der Waals surface area contributed by atoms with Crippen LogP contribution >= 0.6 is 16.4 Å². The maximum absolute atomic E-state index is 5.75. The Balaban J connectivity index is 1.80. The number of nitrogens with zero attached hydrogens (tertiary/aromatic N) is 5. The molecular weight excluding hydrogens is 636 g/mol. The van der Waals surface area contributed by atoms with Gasteiger partial charge in [0.1, 0.15) is 0 Å². The maximum atomic E-state index is 5.75. The summed E-state index contributed by atoms with van der Waals surface area (Å²) in [5.74, 6) is 0. The van der Waals surface area contributed by atoms with Gasteiger partial charge >= 0.3 is 0 Å². The summed E-state index contributed by atoms with van der Waals surface area (Å²) in [6.45, 7) is 24.7. The third-order valence-corrected chi connectivity index (χ3v) is 18.6. The van der Waals surface area contributed by atoms with Crippen molar-refractivity contribution in [3.63, 3.8) is 0 Å². The summed E-state index contributed by atoms with van der Waals surface area (Å²) in [4.78, 5) is 5.75. The van der Waals surface area contributed by atoms with E-state index in [1.54, 1.807) is 5.71 Å². The lowest BCUT2D eigenvalue weighted by atomic mass is 9.91. The van der Waals surface area contributed by atoms with Crippen LogP contribution in [0.15, 0.2) is 4.99 Å². The first kappa shape index (κ1) is 42.1. The Morgan fingerprint density at radius 2 is 0.673 bits per heavy atom. The van der Waals surface area contributed by atoms with Crippen LogP contribution in [0.4, 0.5) is 0 Å². The molecule has 4 rings (SSSR count). The van der Waals surface area contributed by atoms with Crippen LogP contribution < -0.4 is 0 Å². The van der Waals surface area contributed by atoms with Gasteiger partial charge in [-0.2, -0.15) is 0 Å². The average Bonchev–Trinajstić information content (AvgIpc) is 3.06. The zero-order chi connectivity index (χ0) is 35.5. The molecular formula is C42H83N5P2. The molecule has 4 fully saturated rings. The van der Waals surface area contributed by atoms with Gasteiger partial charge in [0.05, 0.1) is 0 Å². The molecule has 286 valence electrons. The lowest BCUT2D eigenvalue weighted by Crippen LogP contribution is -2.50. The standard InChI is InChI=1S/C42H83N5P2/c1-33(2)43-38(31-48(44(34(3)4)35(5)6)46(39-23-15-11-16-24-39)40-25-17-12-18-26-40)32-49(45(36(7)8)37(9)10)47(41-27-19-13-20-28-41)42-29-21-14-22-30-42/h33-37,39-42H,11-32H2,1-10H3. The quantitative estimate of drug-likeness (QED) is 0.110. The smallest absolute Gasteiger partial charge is 0.0463 e. The molecule has 0 aromatic rings. The summed E-state index contributed by atoms with van der Waals surface area (Å²) >= 11 is 0. The van der Waals surface area contributed by atoms with Crippen LogP contribution in [-0.4, -0.2) is 91.1 Å². The Hall–Kier alpha value is 0.370. The lowest BCUT2D eigenvalue weighted by molar-refractivity contribution is 0.160. The van der Waals surface area contributed by atoms with Crippen LogP contribution in [-0.2, 0) is 0 Å². The van der Waals surface area contributed by atoms with E-state index in [1.807, 2.05) is 0 Å². The van der Waals surface area contributed by atoms with Crippen LogP contribution in [0.3, 0.4) is 0 Å². The number of rotatable bonds is 17. The summed E-state index contributed by atoms with van der Waals surface area (Å²) in [6.07, 6.45) is 30.8. The lowest BCUT2D eigenvalue weighted by Gasteiger charge is -2.53. The van der Waals surface area contributed by atoms with Crippen molar-refractivity contribution in [1.82, 2.24) is 18.7 Å². The molecule has 2 unspecified atom stereocenters. The predicted octanol–water partition coefficient (Wildman–Crippen LogP) is 12.6. The normalized spacial score (nSPS) is 23.0. The fraction of sp³-hybridized carbons (Fsp3) is 0.976. The van der Waals surface area contributed by atoms with Crippen molar-refractivity contribution < 1.29 is 0 Å². The van der Waals surface area contributed by atoms with Crippen molar-refractivity contribution in [3.8, 4) is 0 Å². The molecule has 0 amide bonds. The zero-order valence-electron chi connectivity index (χ0n) is 34.4. The molecule has 0 aliphatic heterocycles. The van der Waals surface area contributed by atoms with Crippen molar-refractivity contribution in [2.45, 2.75) is 252 Å². The second-order valence-corrected chi connectivity index (χ2v) is 21.9. The van der Waals surface area contributed by atoms with Gasteiger partial charge in [-0.3, -0.25) is 23.7 Å². The Labute approximate surface area is 309 Å². The van der Waals surface area contributed by atoms with E-state index in [9.17, 15) is 0 Å². The molecule has 49 heavy (non-hydrogen) atoms. The third-order valence-electron chi connectivity index (χ3n) is 12.1. The van der Waals surface area contributed by atoms with Gasteiger partial charge in [-0.25, -0.2) is 0 Å². The Kier molecular flexibility index (Phi) is 18.3. The van der Waals surface area contributed by atoms with E-state index >= 15 is 0 Å². The van der Waals surface area contributed by atoms with Crippen molar-refractivity contribution in [3.05, 3.63) is 0 Å². The molecule has 0 spiro atoms. The van der Waals surface area contributed by atoms with E-state index in [2.05, 4.69) is 87.9 Å². The van der Waals surface area contributed by atoms with Crippen molar-refractivity contribution in [2.75, 3.05) is 12.3 Å². The van der Waals surface area contributed by atoms with Crippen molar-refractivity contribution in [2.24, 2.45) is 4.99 Å². The van der Waals surface area contributed by atoms with Gasteiger partial charge in [-0.1, -0.05) is 77.0 Å². The second-order valence-electron chi connectivity index (χ2n) is 17.9. The highest BCUT2D eigenvalue weighted by Gasteiger charge is 2.43. The Bertz CT molecular complexity index is 809. The monoisotopic (exact) mass is 720 g/mol. The van der Waals surface area contributed by atoms with E-state index < -0.39 is 16.4 Å². The third kappa shape index (κ3) is 12.2. The SMILES string of the molecule is CC(C)N=C(CP(N(C(C)C)C(C)C)N(C1CCCCC1)C1CCCCC1)CP(N(C(C)C)C(C)C)N(C1CCCCC1)C1CCCCC1. The van der Waals surface area contributed by atoms with E-state index in [0.29, 0.717) is 30.2 Å². The first-order chi connectivity index (χ1) is 23.5. The molecule has 0 bridgehead atoms. The minimum atomic E-state index is -0.502. The average molecular weight is 720 g/mol.